The Kier molecular flexibility index (Phi) is 10.8. The summed E-state index contributed by atoms with van der Waals surface area (Å²) >= 11 is 0. The van der Waals surface area contributed by atoms with Crippen molar-refractivity contribution >= 4 is 0 Å². The average molecular weight is 403 g/mol. The van der Waals surface area contributed by atoms with Crippen LogP contribution in [0.5, 0.6) is 0 Å². The molecule has 158 valence electrons. The van der Waals surface area contributed by atoms with Crippen LogP contribution in [0.1, 0.15) is 50.7 Å². The lowest BCUT2D eigenvalue weighted by Gasteiger charge is -2.20. The average Bonchev–Trinajstić information content (AvgIpc) is 2.75. The summed E-state index contributed by atoms with van der Waals surface area (Å²) in [4.78, 5) is 0. The Bertz CT molecular complexity index is 759. The van der Waals surface area contributed by atoms with Crippen molar-refractivity contribution in [3.05, 3.63) is 71.8 Å². The zero-order chi connectivity index (χ0) is 21.6. The Morgan fingerprint density at radius 1 is 0.600 bits per heavy atom. The van der Waals surface area contributed by atoms with Crippen LogP contribution in [0.15, 0.2) is 60.7 Å². The molecule has 0 aliphatic heterocycles. The van der Waals surface area contributed by atoms with E-state index in [1.165, 1.54) is 11.1 Å². The Balaban J connectivity index is 1.69. The van der Waals surface area contributed by atoms with Crippen LogP contribution in [0.4, 0.5) is 0 Å². The van der Waals surface area contributed by atoms with Gasteiger partial charge >= 0.3 is 0 Å². The van der Waals surface area contributed by atoms with Crippen LogP contribution in [-0.4, -0.2) is 26.4 Å². The molecule has 0 saturated heterocycles. The molecular weight excluding hydrogens is 368 g/mol. The van der Waals surface area contributed by atoms with E-state index in [0.717, 1.165) is 0 Å². The van der Waals surface area contributed by atoms with Gasteiger partial charge in [0.1, 0.15) is 13.2 Å². The summed E-state index contributed by atoms with van der Waals surface area (Å²) in [6.07, 6.45) is 0. The Labute approximate surface area is 183 Å². The van der Waals surface area contributed by atoms with E-state index in [-0.39, 0.29) is 0 Å². The molecule has 0 heterocycles. The second-order valence-electron chi connectivity index (χ2n) is 8.16. The molecule has 2 heteroatoms. The predicted octanol–water partition coefficient (Wildman–Crippen LogP) is 5.91. The van der Waals surface area contributed by atoms with Gasteiger partial charge in [0.2, 0.25) is 0 Å². The molecule has 0 aliphatic carbocycles. The molecule has 2 aromatic carbocycles. The summed E-state index contributed by atoms with van der Waals surface area (Å²) in [5, 5.41) is 0. The largest absolute Gasteiger partial charge is 0.368 e. The highest BCUT2D eigenvalue weighted by Gasteiger charge is 2.16. The molecular formula is C28H34O2. The third-order valence-electron chi connectivity index (χ3n) is 5.25. The van der Waals surface area contributed by atoms with Gasteiger partial charge in [0.25, 0.3) is 0 Å². The van der Waals surface area contributed by atoms with Crippen molar-refractivity contribution in [2.24, 2.45) is 11.8 Å². The number of hydrogen-bond donors (Lipinski definition) is 0. The molecule has 0 spiro atoms. The van der Waals surface area contributed by atoms with Crippen molar-refractivity contribution in [1.29, 1.82) is 0 Å². The van der Waals surface area contributed by atoms with Crippen LogP contribution in [0.2, 0.25) is 0 Å². The summed E-state index contributed by atoms with van der Waals surface area (Å²) in [5.74, 6) is 13.5. The molecule has 0 amide bonds. The molecule has 0 bridgehead atoms. The highest BCUT2D eigenvalue weighted by atomic mass is 16.5. The van der Waals surface area contributed by atoms with Gasteiger partial charge in [-0.05, 0) is 34.8 Å². The second-order valence-corrected chi connectivity index (χ2v) is 8.16. The smallest absolute Gasteiger partial charge is 0.108 e. The zero-order valence-electron chi connectivity index (χ0n) is 18.7. The van der Waals surface area contributed by atoms with Gasteiger partial charge in [-0.1, -0.05) is 100 Å². The molecule has 2 rings (SSSR count). The fourth-order valence-corrected chi connectivity index (χ4v) is 3.38. The topological polar surface area (TPSA) is 18.5 Å². The molecule has 0 N–H and O–H groups in total. The molecule has 0 aromatic heterocycles. The summed E-state index contributed by atoms with van der Waals surface area (Å²) < 4.78 is 11.5. The zero-order valence-corrected chi connectivity index (χ0v) is 18.7. The van der Waals surface area contributed by atoms with Crippen LogP contribution in [0, 0.1) is 35.5 Å². The number of benzene rings is 2. The monoisotopic (exact) mass is 402 g/mol. The summed E-state index contributed by atoms with van der Waals surface area (Å²) in [7, 11) is 0. The van der Waals surface area contributed by atoms with Gasteiger partial charge in [-0.25, -0.2) is 0 Å². The van der Waals surface area contributed by atoms with Crippen molar-refractivity contribution in [2.45, 2.75) is 39.5 Å². The molecule has 0 aliphatic rings. The minimum atomic E-state index is 0.381. The van der Waals surface area contributed by atoms with Crippen molar-refractivity contribution < 1.29 is 9.47 Å². The minimum absolute atomic E-state index is 0.381. The molecule has 0 fully saturated rings. The Morgan fingerprint density at radius 2 is 0.967 bits per heavy atom. The number of hydrogen-bond acceptors (Lipinski definition) is 2. The van der Waals surface area contributed by atoms with E-state index in [4.69, 9.17) is 9.47 Å². The first kappa shape index (κ1) is 23.8. The lowest BCUT2D eigenvalue weighted by molar-refractivity contribution is 0.136. The van der Waals surface area contributed by atoms with Gasteiger partial charge < -0.3 is 9.47 Å². The van der Waals surface area contributed by atoms with Gasteiger partial charge in [-0.15, -0.1) is 0 Å². The fraction of sp³-hybridized carbons (Fsp3) is 0.429. The summed E-state index contributed by atoms with van der Waals surface area (Å²) in [5.41, 5.74) is 2.63. The van der Waals surface area contributed by atoms with Gasteiger partial charge in [0.15, 0.2) is 0 Å². The molecule has 30 heavy (non-hydrogen) atoms. The van der Waals surface area contributed by atoms with E-state index in [1.54, 1.807) is 0 Å². The first-order valence-electron chi connectivity index (χ1n) is 10.8. The maximum absolute atomic E-state index is 5.77. The van der Waals surface area contributed by atoms with E-state index in [2.05, 4.69) is 99.9 Å². The summed E-state index contributed by atoms with van der Waals surface area (Å²) in [6, 6.07) is 21.0. The molecule has 0 saturated carbocycles. The van der Waals surface area contributed by atoms with Crippen LogP contribution in [0.3, 0.4) is 0 Å². The van der Waals surface area contributed by atoms with E-state index in [1.807, 2.05) is 12.1 Å². The maximum atomic E-state index is 5.77. The third kappa shape index (κ3) is 8.46. The normalized spacial score (nSPS) is 12.6. The highest BCUT2D eigenvalue weighted by molar-refractivity contribution is 5.26. The maximum Gasteiger partial charge on any atom is 0.108 e. The van der Waals surface area contributed by atoms with Crippen molar-refractivity contribution in [2.75, 3.05) is 26.4 Å². The first-order valence-corrected chi connectivity index (χ1v) is 10.8. The minimum Gasteiger partial charge on any atom is -0.368 e. The Morgan fingerprint density at radius 3 is 1.30 bits per heavy atom. The van der Waals surface area contributed by atoms with Crippen LogP contribution < -0.4 is 0 Å². The lowest BCUT2D eigenvalue weighted by atomic mass is 9.89. The number of ether oxygens (including phenoxy) is 2. The predicted molar refractivity (Wildman–Crippen MR) is 125 cm³/mol. The van der Waals surface area contributed by atoms with Gasteiger partial charge in [0, 0.05) is 11.8 Å². The standard InChI is InChI=1S/C28H34O2/c1-23(2)27(25-15-9-7-10-16-25)21-29-19-13-5-6-14-20-30-22-28(24(3)4)26-17-11-8-12-18-26/h7-12,15-18,23-24,27-28H,19-22H2,1-4H3/t27-,28?/m0/s1. The fourth-order valence-electron chi connectivity index (χ4n) is 3.38. The quantitative estimate of drug-likeness (QED) is 0.363. The SMILES string of the molecule is CC(C)C(COCC#CC#CCOC[C@H](c1ccccc1)C(C)C)c1ccccc1. The van der Waals surface area contributed by atoms with E-state index in [0.29, 0.717) is 50.1 Å². The van der Waals surface area contributed by atoms with Gasteiger partial charge in [-0.2, -0.15) is 0 Å². The van der Waals surface area contributed by atoms with E-state index < -0.39 is 0 Å². The molecule has 2 aromatic rings. The van der Waals surface area contributed by atoms with Crippen LogP contribution in [-0.2, 0) is 9.47 Å². The van der Waals surface area contributed by atoms with Crippen molar-refractivity contribution in [1.82, 2.24) is 0 Å². The van der Waals surface area contributed by atoms with E-state index >= 15 is 0 Å². The van der Waals surface area contributed by atoms with Gasteiger partial charge in [0.05, 0.1) is 13.2 Å². The lowest BCUT2D eigenvalue weighted by Crippen LogP contribution is -2.14. The first-order chi connectivity index (χ1) is 14.6. The molecule has 2 atom stereocenters. The van der Waals surface area contributed by atoms with Crippen molar-refractivity contribution in [3.8, 4) is 23.7 Å². The van der Waals surface area contributed by atoms with Crippen molar-refractivity contribution in [3.63, 3.8) is 0 Å². The molecule has 1 unspecified atom stereocenters. The summed E-state index contributed by atoms with van der Waals surface area (Å²) in [6.45, 7) is 11.0. The Hall–Kier alpha value is -2.52. The van der Waals surface area contributed by atoms with Crippen LogP contribution >= 0.6 is 0 Å². The van der Waals surface area contributed by atoms with E-state index in [9.17, 15) is 0 Å². The van der Waals surface area contributed by atoms with Gasteiger partial charge in [-0.3, -0.25) is 0 Å². The van der Waals surface area contributed by atoms with Crippen LogP contribution in [0.25, 0.3) is 0 Å². The number of rotatable bonds is 10. The third-order valence-corrected chi connectivity index (χ3v) is 5.25. The second kappa shape index (κ2) is 13.7. The molecule has 0 radical (unpaired) electrons. The highest BCUT2D eigenvalue weighted by Crippen LogP contribution is 2.25. The molecule has 2 nitrogen and oxygen atoms in total.